The second-order valence-electron chi connectivity index (χ2n) is 4.08. The number of nitrogens with two attached hydrogens (primary N) is 1. The van der Waals surface area contributed by atoms with Crippen molar-refractivity contribution in [2.24, 2.45) is 0 Å². The maximum atomic E-state index is 13.0. The van der Waals surface area contributed by atoms with Gasteiger partial charge in [0.05, 0.1) is 7.11 Å². The van der Waals surface area contributed by atoms with Gasteiger partial charge in [-0.05, 0) is 24.3 Å². The van der Waals surface area contributed by atoms with Crippen molar-refractivity contribution in [2.45, 2.75) is 0 Å². The third kappa shape index (κ3) is 3.03. The minimum Gasteiger partial charge on any atom is -0.497 e. The lowest BCUT2D eigenvalue weighted by Gasteiger charge is -2.08. The topological polar surface area (TPSA) is 64.3 Å². The van der Waals surface area contributed by atoms with E-state index in [1.165, 1.54) is 25.3 Å². The van der Waals surface area contributed by atoms with Crippen molar-refractivity contribution < 1.29 is 18.3 Å². The Hall–Kier alpha value is -2.63. The molecule has 2 aromatic rings. The summed E-state index contributed by atoms with van der Waals surface area (Å²) in [6, 6.07) is 7.61. The van der Waals surface area contributed by atoms with Gasteiger partial charge in [0.15, 0.2) is 11.6 Å². The second kappa shape index (κ2) is 5.56. The van der Waals surface area contributed by atoms with Gasteiger partial charge in [-0.1, -0.05) is 0 Å². The normalized spacial score (nSPS) is 10.2. The van der Waals surface area contributed by atoms with E-state index in [-0.39, 0.29) is 11.3 Å². The number of anilines is 2. The van der Waals surface area contributed by atoms with Crippen LogP contribution in [0.1, 0.15) is 10.4 Å². The lowest BCUT2D eigenvalue weighted by Crippen LogP contribution is -2.12. The number of ether oxygens (including phenoxy) is 1. The molecule has 3 N–H and O–H groups in total. The van der Waals surface area contributed by atoms with Gasteiger partial charge in [0.2, 0.25) is 0 Å². The minimum absolute atomic E-state index is 0.148. The Balaban J connectivity index is 2.23. The van der Waals surface area contributed by atoms with Gasteiger partial charge in [0.1, 0.15) is 5.75 Å². The molecule has 0 atom stereocenters. The Bertz CT molecular complexity index is 660. The van der Waals surface area contributed by atoms with Crippen LogP contribution in [0.5, 0.6) is 5.75 Å². The van der Waals surface area contributed by atoms with E-state index in [2.05, 4.69) is 5.32 Å². The van der Waals surface area contributed by atoms with Gasteiger partial charge < -0.3 is 15.8 Å². The standard InChI is InChI=1S/C14H12F2N2O2/c1-20-11-5-8(4-9(17)6-11)14(19)18-10-2-3-12(15)13(16)7-10/h2-7H,17H2,1H3,(H,18,19). The van der Waals surface area contributed by atoms with E-state index in [1.807, 2.05) is 0 Å². The van der Waals surface area contributed by atoms with Crippen molar-refractivity contribution >= 4 is 17.3 Å². The fraction of sp³-hybridized carbons (Fsp3) is 0.0714. The number of amides is 1. The average Bonchev–Trinajstić information content (AvgIpc) is 2.42. The number of nitrogens with one attached hydrogen (secondary N) is 1. The van der Waals surface area contributed by atoms with Crippen LogP contribution >= 0.6 is 0 Å². The Labute approximate surface area is 114 Å². The Morgan fingerprint density at radius 2 is 1.90 bits per heavy atom. The summed E-state index contributed by atoms with van der Waals surface area (Å²) >= 11 is 0. The van der Waals surface area contributed by atoms with Crippen LogP contribution in [0.4, 0.5) is 20.2 Å². The molecule has 0 bridgehead atoms. The molecule has 1 amide bonds. The summed E-state index contributed by atoms with van der Waals surface area (Å²) in [6.07, 6.45) is 0. The molecule has 0 heterocycles. The molecule has 0 aliphatic heterocycles. The smallest absolute Gasteiger partial charge is 0.255 e. The first kappa shape index (κ1) is 13.8. The molecule has 0 unspecified atom stereocenters. The van der Waals surface area contributed by atoms with Gasteiger partial charge in [-0.2, -0.15) is 0 Å². The minimum atomic E-state index is -1.03. The maximum Gasteiger partial charge on any atom is 0.255 e. The predicted octanol–water partition coefficient (Wildman–Crippen LogP) is 2.81. The van der Waals surface area contributed by atoms with Crippen LogP contribution in [-0.2, 0) is 0 Å². The van der Waals surface area contributed by atoms with Gasteiger partial charge in [0, 0.05) is 29.1 Å². The van der Waals surface area contributed by atoms with Crippen LogP contribution in [0, 0.1) is 11.6 Å². The van der Waals surface area contributed by atoms with Crippen LogP contribution in [0.2, 0.25) is 0 Å². The Morgan fingerprint density at radius 3 is 2.55 bits per heavy atom. The summed E-state index contributed by atoms with van der Waals surface area (Å²) in [7, 11) is 1.45. The van der Waals surface area contributed by atoms with Crippen LogP contribution < -0.4 is 15.8 Å². The number of carbonyl (C=O) groups excluding carboxylic acids is 1. The summed E-state index contributed by atoms with van der Waals surface area (Å²) < 4.78 is 30.8. The molecule has 0 radical (unpaired) electrons. The van der Waals surface area contributed by atoms with Crippen LogP contribution in [0.25, 0.3) is 0 Å². The molecule has 6 heteroatoms. The highest BCUT2D eigenvalue weighted by molar-refractivity contribution is 6.05. The number of rotatable bonds is 3. The Kier molecular flexibility index (Phi) is 3.84. The molecule has 0 spiro atoms. The maximum absolute atomic E-state index is 13.0. The summed E-state index contributed by atoms with van der Waals surface area (Å²) in [6.45, 7) is 0. The number of nitrogen functional groups attached to an aromatic ring is 1. The van der Waals surface area contributed by atoms with E-state index >= 15 is 0 Å². The first-order valence-electron chi connectivity index (χ1n) is 5.70. The predicted molar refractivity (Wildman–Crippen MR) is 71.7 cm³/mol. The van der Waals surface area contributed by atoms with Gasteiger partial charge >= 0.3 is 0 Å². The Morgan fingerprint density at radius 1 is 1.15 bits per heavy atom. The molecule has 20 heavy (non-hydrogen) atoms. The zero-order valence-electron chi connectivity index (χ0n) is 10.6. The first-order valence-corrected chi connectivity index (χ1v) is 5.70. The molecule has 0 aliphatic rings. The third-order valence-electron chi connectivity index (χ3n) is 2.60. The zero-order chi connectivity index (χ0) is 14.7. The average molecular weight is 278 g/mol. The van der Waals surface area contributed by atoms with Crippen molar-refractivity contribution in [3.8, 4) is 5.75 Å². The van der Waals surface area contributed by atoms with Gasteiger partial charge in [0.25, 0.3) is 5.91 Å². The zero-order valence-corrected chi connectivity index (χ0v) is 10.6. The summed E-state index contributed by atoms with van der Waals surface area (Å²) in [5.74, 6) is -2.08. The molecule has 0 saturated carbocycles. The number of methoxy groups -OCH3 is 1. The van der Waals surface area contributed by atoms with E-state index in [0.29, 0.717) is 11.4 Å². The molecule has 0 aliphatic carbocycles. The summed E-state index contributed by atoms with van der Waals surface area (Å²) in [5.41, 5.74) is 6.41. The van der Waals surface area contributed by atoms with E-state index in [1.54, 1.807) is 6.07 Å². The van der Waals surface area contributed by atoms with Crippen molar-refractivity contribution in [3.05, 3.63) is 53.6 Å². The molecular formula is C14H12F2N2O2. The van der Waals surface area contributed by atoms with Crippen molar-refractivity contribution in [2.75, 3.05) is 18.2 Å². The number of hydrogen-bond acceptors (Lipinski definition) is 3. The second-order valence-corrected chi connectivity index (χ2v) is 4.08. The molecule has 0 saturated heterocycles. The van der Waals surface area contributed by atoms with Gasteiger partial charge in [-0.15, -0.1) is 0 Å². The van der Waals surface area contributed by atoms with Crippen LogP contribution in [-0.4, -0.2) is 13.0 Å². The lowest BCUT2D eigenvalue weighted by atomic mass is 10.1. The van der Waals surface area contributed by atoms with Crippen molar-refractivity contribution in [3.63, 3.8) is 0 Å². The van der Waals surface area contributed by atoms with E-state index in [4.69, 9.17) is 10.5 Å². The van der Waals surface area contributed by atoms with Gasteiger partial charge in [-0.25, -0.2) is 8.78 Å². The molecule has 2 rings (SSSR count). The fourth-order valence-electron chi connectivity index (χ4n) is 1.65. The lowest BCUT2D eigenvalue weighted by molar-refractivity contribution is 0.102. The number of hydrogen-bond donors (Lipinski definition) is 2. The van der Waals surface area contributed by atoms with E-state index in [9.17, 15) is 13.6 Å². The van der Waals surface area contributed by atoms with Gasteiger partial charge in [-0.3, -0.25) is 4.79 Å². The number of halogens is 2. The molecule has 0 aromatic heterocycles. The molecule has 0 fully saturated rings. The van der Waals surface area contributed by atoms with Crippen molar-refractivity contribution in [1.82, 2.24) is 0 Å². The highest BCUT2D eigenvalue weighted by atomic mass is 19.2. The third-order valence-corrected chi connectivity index (χ3v) is 2.60. The highest BCUT2D eigenvalue weighted by Crippen LogP contribution is 2.20. The molecular weight excluding hydrogens is 266 g/mol. The first-order chi connectivity index (χ1) is 9.49. The monoisotopic (exact) mass is 278 g/mol. The largest absolute Gasteiger partial charge is 0.497 e. The quantitative estimate of drug-likeness (QED) is 0.848. The van der Waals surface area contributed by atoms with Crippen LogP contribution in [0.15, 0.2) is 36.4 Å². The molecule has 2 aromatic carbocycles. The summed E-state index contributed by atoms with van der Waals surface area (Å²) in [4.78, 5) is 12.0. The number of benzene rings is 2. The fourth-order valence-corrected chi connectivity index (χ4v) is 1.65. The van der Waals surface area contributed by atoms with Crippen LogP contribution in [0.3, 0.4) is 0 Å². The highest BCUT2D eigenvalue weighted by Gasteiger charge is 2.10. The molecule has 104 valence electrons. The summed E-state index contributed by atoms with van der Waals surface area (Å²) in [5, 5.41) is 2.45. The van der Waals surface area contributed by atoms with E-state index < -0.39 is 17.5 Å². The SMILES string of the molecule is COc1cc(N)cc(C(=O)Nc2ccc(F)c(F)c2)c1. The van der Waals surface area contributed by atoms with Crippen molar-refractivity contribution in [1.29, 1.82) is 0 Å². The molecule has 4 nitrogen and oxygen atoms in total. The number of carbonyl (C=O) groups is 1. The van der Waals surface area contributed by atoms with E-state index in [0.717, 1.165) is 12.1 Å².